The van der Waals surface area contributed by atoms with Gasteiger partial charge in [0, 0.05) is 29.8 Å². The van der Waals surface area contributed by atoms with Gasteiger partial charge in [0.2, 0.25) is 5.91 Å². The van der Waals surface area contributed by atoms with Crippen molar-refractivity contribution >= 4 is 28.1 Å². The molecule has 1 fully saturated rings. The lowest BCUT2D eigenvalue weighted by atomic mass is 10.1. The number of rotatable bonds is 7. The first-order valence-corrected chi connectivity index (χ1v) is 11.9. The number of carbonyl (C=O) groups is 1. The fraction of sp³-hybridized carbons (Fsp3) is 0.370. The van der Waals surface area contributed by atoms with E-state index in [1.165, 1.54) is 0 Å². The second-order valence-electron chi connectivity index (χ2n) is 9.01. The van der Waals surface area contributed by atoms with Crippen molar-refractivity contribution in [2.45, 2.75) is 52.6 Å². The van der Waals surface area contributed by atoms with Gasteiger partial charge in [-0.25, -0.2) is 9.50 Å². The predicted octanol–water partition coefficient (Wildman–Crippen LogP) is 4.94. The molecule has 1 unspecified atom stereocenters. The summed E-state index contributed by atoms with van der Waals surface area (Å²) in [5.41, 5.74) is 6.54. The predicted molar refractivity (Wildman–Crippen MR) is 133 cm³/mol. The Bertz CT molecular complexity index is 1360. The molecule has 2 aromatic carbocycles. The van der Waals surface area contributed by atoms with Crippen LogP contribution in [0.5, 0.6) is 5.75 Å². The zero-order chi connectivity index (χ0) is 23.7. The molecule has 0 bridgehead atoms. The number of benzene rings is 2. The van der Waals surface area contributed by atoms with Gasteiger partial charge in [-0.15, -0.1) is 0 Å². The molecule has 2 aromatic heterocycles. The molecule has 5 rings (SSSR count). The molecule has 4 aromatic rings. The fourth-order valence-corrected chi connectivity index (χ4v) is 4.60. The Kier molecular flexibility index (Phi) is 6.20. The third-order valence-corrected chi connectivity index (χ3v) is 6.48. The Hall–Kier alpha value is -3.45. The highest BCUT2D eigenvalue weighted by atomic mass is 16.5. The number of amides is 1. The van der Waals surface area contributed by atoms with Gasteiger partial charge in [0.25, 0.3) is 0 Å². The van der Waals surface area contributed by atoms with E-state index in [-0.39, 0.29) is 12.0 Å². The number of aromatic nitrogens is 3. The first-order valence-electron chi connectivity index (χ1n) is 11.9. The first-order chi connectivity index (χ1) is 16.5. The molecule has 1 amide bonds. The minimum Gasteiger partial charge on any atom is -0.489 e. The summed E-state index contributed by atoms with van der Waals surface area (Å²) in [6.07, 6.45) is 3.13. The van der Waals surface area contributed by atoms with E-state index in [1.807, 2.05) is 67.8 Å². The van der Waals surface area contributed by atoms with Crippen molar-refractivity contribution in [3.8, 4) is 5.75 Å². The van der Waals surface area contributed by atoms with Gasteiger partial charge in [0.15, 0.2) is 5.65 Å². The van der Waals surface area contributed by atoms with Crippen LogP contribution in [0.15, 0.2) is 42.5 Å². The molecule has 34 heavy (non-hydrogen) atoms. The molecular formula is C27H30N4O3. The molecule has 0 spiro atoms. The number of anilines is 1. The first kappa shape index (κ1) is 22.3. The average Bonchev–Trinajstić information content (AvgIpc) is 3.47. The van der Waals surface area contributed by atoms with Crippen LogP contribution in [0.1, 0.15) is 41.8 Å². The van der Waals surface area contributed by atoms with Gasteiger partial charge in [-0.3, -0.25) is 4.79 Å². The summed E-state index contributed by atoms with van der Waals surface area (Å²) in [5.74, 6) is 0.623. The molecule has 176 valence electrons. The van der Waals surface area contributed by atoms with Gasteiger partial charge in [-0.05, 0) is 75.4 Å². The fourth-order valence-electron chi connectivity index (χ4n) is 4.60. The molecule has 1 aliphatic rings. The number of nitrogens with one attached hydrogen (secondary N) is 1. The van der Waals surface area contributed by atoms with E-state index in [4.69, 9.17) is 19.6 Å². The van der Waals surface area contributed by atoms with E-state index in [0.29, 0.717) is 30.9 Å². The van der Waals surface area contributed by atoms with E-state index in [0.717, 1.165) is 58.5 Å². The van der Waals surface area contributed by atoms with Crippen molar-refractivity contribution in [3.63, 3.8) is 0 Å². The van der Waals surface area contributed by atoms with Crippen LogP contribution in [-0.4, -0.2) is 39.8 Å². The summed E-state index contributed by atoms with van der Waals surface area (Å²) in [6, 6.07) is 13.8. The number of nitrogens with zero attached hydrogens (tertiary/aromatic N) is 3. The molecule has 7 nitrogen and oxygen atoms in total. The maximum atomic E-state index is 12.9. The normalized spacial score (nSPS) is 15.8. The largest absolute Gasteiger partial charge is 0.489 e. The standard InChI is InChI=1S/C27H30N4O3/c1-17-10-12-24(25(15-17)34-16-20-7-6-14-33-20)29-26(32)13-11-21-18(2)28-27-22-8-4-5-9-23(22)30-31(27)19(21)3/h4-5,8-10,12,15,20H,6-7,11,13-14,16H2,1-3H3,(H,29,32). The van der Waals surface area contributed by atoms with Crippen molar-refractivity contribution in [2.24, 2.45) is 0 Å². The molecule has 1 saturated heterocycles. The molecule has 0 saturated carbocycles. The Morgan fingerprint density at radius 2 is 2.06 bits per heavy atom. The Morgan fingerprint density at radius 1 is 1.21 bits per heavy atom. The second kappa shape index (κ2) is 9.43. The van der Waals surface area contributed by atoms with E-state index < -0.39 is 0 Å². The summed E-state index contributed by atoms with van der Waals surface area (Å²) in [6.45, 7) is 7.34. The number of aryl methyl sites for hydroxylation is 3. The quantitative estimate of drug-likeness (QED) is 0.425. The summed E-state index contributed by atoms with van der Waals surface area (Å²) in [7, 11) is 0. The van der Waals surface area contributed by atoms with Crippen molar-refractivity contribution < 1.29 is 14.3 Å². The summed E-state index contributed by atoms with van der Waals surface area (Å²) in [5, 5.41) is 8.78. The molecule has 1 N–H and O–H groups in total. The Balaban J connectivity index is 1.30. The van der Waals surface area contributed by atoms with Gasteiger partial charge in [-0.2, -0.15) is 5.10 Å². The van der Waals surface area contributed by atoms with E-state index in [1.54, 1.807) is 0 Å². The lowest BCUT2D eigenvalue weighted by Crippen LogP contribution is -2.18. The van der Waals surface area contributed by atoms with Crippen LogP contribution in [0, 0.1) is 20.8 Å². The Labute approximate surface area is 199 Å². The van der Waals surface area contributed by atoms with Gasteiger partial charge >= 0.3 is 0 Å². The monoisotopic (exact) mass is 458 g/mol. The highest BCUT2D eigenvalue weighted by Crippen LogP contribution is 2.28. The van der Waals surface area contributed by atoms with Crippen molar-refractivity contribution in [2.75, 3.05) is 18.5 Å². The molecule has 1 atom stereocenters. The van der Waals surface area contributed by atoms with Gasteiger partial charge in [0.1, 0.15) is 12.4 Å². The topological polar surface area (TPSA) is 77.8 Å². The third kappa shape index (κ3) is 4.48. The van der Waals surface area contributed by atoms with E-state index in [9.17, 15) is 4.79 Å². The summed E-state index contributed by atoms with van der Waals surface area (Å²) in [4.78, 5) is 17.7. The number of hydrogen-bond acceptors (Lipinski definition) is 5. The van der Waals surface area contributed by atoms with Crippen LogP contribution in [0.2, 0.25) is 0 Å². The van der Waals surface area contributed by atoms with Gasteiger partial charge in [-0.1, -0.05) is 18.2 Å². The third-order valence-electron chi connectivity index (χ3n) is 6.48. The van der Waals surface area contributed by atoms with Crippen LogP contribution in [0.4, 0.5) is 5.69 Å². The van der Waals surface area contributed by atoms with Crippen LogP contribution in [0.3, 0.4) is 0 Å². The molecular weight excluding hydrogens is 428 g/mol. The molecule has 7 heteroatoms. The van der Waals surface area contributed by atoms with Gasteiger partial charge in [0.05, 0.1) is 17.3 Å². The highest BCUT2D eigenvalue weighted by Gasteiger charge is 2.18. The SMILES string of the molecule is Cc1ccc(NC(=O)CCc2c(C)nc3c4ccccc4nn3c2C)c(OCC2CCCO2)c1. The highest BCUT2D eigenvalue weighted by molar-refractivity contribution is 5.93. The minimum atomic E-state index is -0.0599. The Morgan fingerprint density at radius 3 is 2.88 bits per heavy atom. The van der Waals surface area contributed by atoms with E-state index >= 15 is 0 Å². The zero-order valence-electron chi connectivity index (χ0n) is 19.9. The van der Waals surface area contributed by atoms with Crippen LogP contribution in [0.25, 0.3) is 16.6 Å². The summed E-state index contributed by atoms with van der Waals surface area (Å²) >= 11 is 0. The number of fused-ring (bicyclic) bond motifs is 3. The maximum absolute atomic E-state index is 12.9. The number of hydrogen-bond donors (Lipinski definition) is 1. The second-order valence-corrected chi connectivity index (χ2v) is 9.01. The lowest BCUT2D eigenvalue weighted by molar-refractivity contribution is -0.116. The minimum absolute atomic E-state index is 0.0599. The molecule has 3 heterocycles. The van der Waals surface area contributed by atoms with Crippen molar-refractivity contribution in [3.05, 3.63) is 65.0 Å². The summed E-state index contributed by atoms with van der Waals surface area (Å²) < 4.78 is 13.6. The van der Waals surface area contributed by atoms with E-state index in [2.05, 4.69) is 5.32 Å². The van der Waals surface area contributed by atoms with Crippen molar-refractivity contribution in [1.82, 2.24) is 14.6 Å². The van der Waals surface area contributed by atoms with Gasteiger partial charge < -0.3 is 14.8 Å². The molecule has 0 aliphatic carbocycles. The van der Waals surface area contributed by atoms with Crippen LogP contribution in [-0.2, 0) is 16.0 Å². The maximum Gasteiger partial charge on any atom is 0.224 e. The zero-order valence-corrected chi connectivity index (χ0v) is 19.9. The number of carbonyl (C=O) groups excluding carboxylic acids is 1. The molecule has 0 radical (unpaired) electrons. The van der Waals surface area contributed by atoms with Crippen LogP contribution < -0.4 is 10.1 Å². The van der Waals surface area contributed by atoms with Crippen LogP contribution >= 0.6 is 0 Å². The van der Waals surface area contributed by atoms with Crippen molar-refractivity contribution in [1.29, 1.82) is 0 Å². The lowest BCUT2D eigenvalue weighted by Gasteiger charge is -2.16. The smallest absolute Gasteiger partial charge is 0.224 e. The molecule has 1 aliphatic heterocycles. The number of ether oxygens (including phenoxy) is 2. The average molecular weight is 459 g/mol.